The third kappa shape index (κ3) is 2.44. The van der Waals surface area contributed by atoms with E-state index in [0.29, 0.717) is 23.7 Å². The lowest BCUT2D eigenvalue weighted by Crippen LogP contribution is -2.44. The molecule has 3 aliphatic carbocycles. The zero-order valence-corrected chi connectivity index (χ0v) is 16.3. The molecule has 0 heterocycles. The SMILES string of the molecule is COc1ccc2c(c1)C[C@@H](C)C1C3=CC=C(OC(C)=O)[C@@]3(C)C[C@H](C)C21. The van der Waals surface area contributed by atoms with Crippen LogP contribution in [0.1, 0.15) is 51.2 Å². The van der Waals surface area contributed by atoms with Crippen LogP contribution in [0.5, 0.6) is 5.75 Å². The number of allylic oxidation sites excluding steroid dienone is 3. The standard InChI is InChI=1S/C23H28O3/c1-13-10-16-11-17(25-5)6-7-18(16)21-14(2)12-23(4)19(22(13)21)8-9-20(23)26-15(3)24/h6-9,11,13-14,21-22H,10,12H2,1-5H3/t13-,14+,21?,22?,23+/m1/s1. The van der Waals surface area contributed by atoms with Crippen LogP contribution < -0.4 is 4.74 Å². The van der Waals surface area contributed by atoms with Gasteiger partial charge in [0.1, 0.15) is 11.5 Å². The molecule has 138 valence electrons. The van der Waals surface area contributed by atoms with E-state index in [-0.39, 0.29) is 11.4 Å². The Labute approximate surface area is 156 Å². The first-order chi connectivity index (χ1) is 12.3. The molecule has 1 saturated carbocycles. The predicted octanol–water partition coefficient (Wildman–Crippen LogP) is 5.02. The summed E-state index contributed by atoms with van der Waals surface area (Å²) in [6.07, 6.45) is 6.34. The largest absolute Gasteiger partial charge is 0.497 e. The summed E-state index contributed by atoms with van der Waals surface area (Å²) < 4.78 is 11.0. The van der Waals surface area contributed by atoms with Crippen LogP contribution in [0, 0.1) is 23.2 Å². The number of ether oxygens (including phenoxy) is 2. The normalized spacial score (nSPS) is 34.8. The fourth-order valence-corrected chi connectivity index (χ4v) is 5.84. The van der Waals surface area contributed by atoms with Gasteiger partial charge in [-0.3, -0.25) is 4.79 Å². The lowest BCUT2D eigenvalue weighted by molar-refractivity contribution is -0.138. The highest BCUT2D eigenvalue weighted by Crippen LogP contribution is 2.62. The second-order valence-corrected chi connectivity index (χ2v) is 8.56. The van der Waals surface area contributed by atoms with Crippen molar-refractivity contribution in [1.82, 2.24) is 0 Å². The van der Waals surface area contributed by atoms with Crippen LogP contribution in [0.4, 0.5) is 0 Å². The summed E-state index contributed by atoms with van der Waals surface area (Å²) in [5, 5.41) is 0. The highest BCUT2D eigenvalue weighted by molar-refractivity contribution is 5.68. The first-order valence-corrected chi connectivity index (χ1v) is 9.63. The van der Waals surface area contributed by atoms with Gasteiger partial charge >= 0.3 is 5.97 Å². The van der Waals surface area contributed by atoms with E-state index in [1.807, 2.05) is 6.08 Å². The Hall–Kier alpha value is -2.03. The Morgan fingerprint density at radius 3 is 2.62 bits per heavy atom. The zero-order valence-electron chi connectivity index (χ0n) is 16.3. The third-order valence-electron chi connectivity index (χ3n) is 6.80. The highest BCUT2D eigenvalue weighted by Gasteiger charge is 2.53. The molecule has 0 bridgehead atoms. The molecule has 0 N–H and O–H groups in total. The number of benzene rings is 1. The molecule has 0 amide bonds. The summed E-state index contributed by atoms with van der Waals surface area (Å²) in [7, 11) is 1.73. The van der Waals surface area contributed by atoms with E-state index in [1.54, 1.807) is 7.11 Å². The molecule has 5 atom stereocenters. The fourth-order valence-electron chi connectivity index (χ4n) is 5.84. The van der Waals surface area contributed by atoms with Crippen LogP contribution in [-0.4, -0.2) is 13.1 Å². The molecule has 0 saturated heterocycles. The summed E-state index contributed by atoms with van der Waals surface area (Å²) in [6, 6.07) is 6.58. The van der Waals surface area contributed by atoms with Gasteiger partial charge in [0.05, 0.1) is 7.11 Å². The number of methoxy groups -OCH3 is 1. The molecule has 26 heavy (non-hydrogen) atoms. The van der Waals surface area contributed by atoms with Crippen molar-refractivity contribution in [3.8, 4) is 5.75 Å². The smallest absolute Gasteiger partial charge is 0.307 e. The molecule has 3 aliphatic rings. The summed E-state index contributed by atoms with van der Waals surface area (Å²) in [5.41, 5.74) is 4.21. The maximum absolute atomic E-state index is 11.6. The van der Waals surface area contributed by atoms with Gasteiger partial charge in [-0.25, -0.2) is 0 Å². The minimum atomic E-state index is -0.226. The molecule has 0 spiro atoms. The molecule has 2 unspecified atom stereocenters. The first-order valence-electron chi connectivity index (χ1n) is 9.63. The molecule has 4 rings (SSSR count). The Morgan fingerprint density at radius 2 is 1.92 bits per heavy atom. The van der Waals surface area contributed by atoms with Crippen LogP contribution in [0.3, 0.4) is 0 Å². The van der Waals surface area contributed by atoms with Crippen LogP contribution in [0.2, 0.25) is 0 Å². The fraction of sp³-hybridized carbons (Fsp3) is 0.522. The number of rotatable bonds is 2. The van der Waals surface area contributed by atoms with Gasteiger partial charge in [-0.2, -0.15) is 0 Å². The molecule has 1 fully saturated rings. The van der Waals surface area contributed by atoms with Crippen molar-refractivity contribution in [3.63, 3.8) is 0 Å². The molecule has 1 aromatic carbocycles. The van der Waals surface area contributed by atoms with E-state index >= 15 is 0 Å². The van der Waals surface area contributed by atoms with Crippen molar-refractivity contribution in [3.05, 3.63) is 52.8 Å². The Bertz CT molecular complexity index is 819. The minimum absolute atomic E-state index is 0.148. The summed E-state index contributed by atoms with van der Waals surface area (Å²) >= 11 is 0. The molecular formula is C23H28O3. The molecule has 1 aromatic rings. The number of hydrogen-bond acceptors (Lipinski definition) is 3. The Kier molecular flexibility index (Phi) is 4.02. The van der Waals surface area contributed by atoms with Gasteiger partial charge in [-0.15, -0.1) is 0 Å². The molecule has 0 radical (unpaired) electrons. The molecule has 3 heteroatoms. The van der Waals surface area contributed by atoms with Crippen molar-refractivity contribution in [2.75, 3.05) is 7.11 Å². The van der Waals surface area contributed by atoms with Crippen LogP contribution in [0.15, 0.2) is 41.7 Å². The van der Waals surface area contributed by atoms with Gasteiger partial charge in [-0.1, -0.05) is 31.6 Å². The van der Waals surface area contributed by atoms with Crippen LogP contribution >= 0.6 is 0 Å². The number of esters is 1. The molecular weight excluding hydrogens is 324 g/mol. The van der Waals surface area contributed by atoms with E-state index in [2.05, 4.69) is 45.0 Å². The second kappa shape index (κ2) is 6.00. The maximum atomic E-state index is 11.6. The van der Waals surface area contributed by atoms with Gasteiger partial charge < -0.3 is 9.47 Å². The van der Waals surface area contributed by atoms with E-state index in [1.165, 1.54) is 23.6 Å². The zero-order chi connectivity index (χ0) is 18.6. The van der Waals surface area contributed by atoms with E-state index in [9.17, 15) is 4.79 Å². The lowest BCUT2D eigenvalue weighted by atomic mass is 9.52. The highest BCUT2D eigenvalue weighted by atomic mass is 16.5. The summed E-state index contributed by atoms with van der Waals surface area (Å²) in [5.74, 6) is 3.64. The van der Waals surface area contributed by atoms with Crippen molar-refractivity contribution in [1.29, 1.82) is 0 Å². The maximum Gasteiger partial charge on any atom is 0.307 e. The van der Waals surface area contributed by atoms with Crippen LogP contribution in [0.25, 0.3) is 0 Å². The average molecular weight is 352 g/mol. The van der Waals surface area contributed by atoms with E-state index < -0.39 is 0 Å². The van der Waals surface area contributed by atoms with E-state index in [4.69, 9.17) is 9.47 Å². The first kappa shape index (κ1) is 17.4. The minimum Gasteiger partial charge on any atom is -0.497 e. The topological polar surface area (TPSA) is 35.5 Å². The van der Waals surface area contributed by atoms with Crippen LogP contribution in [-0.2, 0) is 16.0 Å². The van der Waals surface area contributed by atoms with Gasteiger partial charge in [0.2, 0.25) is 0 Å². The monoisotopic (exact) mass is 352 g/mol. The second-order valence-electron chi connectivity index (χ2n) is 8.56. The quantitative estimate of drug-likeness (QED) is 0.701. The number of fused-ring (bicyclic) bond motifs is 5. The number of hydrogen-bond donors (Lipinski definition) is 0. The van der Waals surface area contributed by atoms with Crippen molar-refractivity contribution < 1.29 is 14.3 Å². The summed E-state index contributed by atoms with van der Waals surface area (Å²) in [6.45, 7) is 8.46. The molecule has 3 nitrogen and oxygen atoms in total. The molecule has 0 aliphatic heterocycles. The van der Waals surface area contributed by atoms with Gasteiger partial charge in [-0.05, 0) is 72.8 Å². The van der Waals surface area contributed by atoms with Gasteiger partial charge in [0.15, 0.2) is 0 Å². The molecule has 0 aromatic heterocycles. The van der Waals surface area contributed by atoms with Gasteiger partial charge in [0, 0.05) is 12.3 Å². The lowest BCUT2D eigenvalue weighted by Gasteiger charge is -2.52. The predicted molar refractivity (Wildman–Crippen MR) is 102 cm³/mol. The van der Waals surface area contributed by atoms with E-state index in [0.717, 1.165) is 24.4 Å². The number of carbonyl (C=O) groups excluding carboxylic acids is 1. The van der Waals surface area contributed by atoms with Crippen molar-refractivity contribution in [2.24, 2.45) is 23.2 Å². The summed E-state index contributed by atoms with van der Waals surface area (Å²) in [4.78, 5) is 11.6. The Balaban J connectivity index is 1.75. The third-order valence-corrected chi connectivity index (χ3v) is 6.80. The average Bonchev–Trinajstić information content (AvgIpc) is 2.89. The number of carbonyl (C=O) groups is 1. The van der Waals surface area contributed by atoms with Gasteiger partial charge in [0.25, 0.3) is 0 Å². The Morgan fingerprint density at radius 1 is 1.15 bits per heavy atom. The van der Waals surface area contributed by atoms with Crippen molar-refractivity contribution >= 4 is 5.97 Å². The van der Waals surface area contributed by atoms with Crippen molar-refractivity contribution in [2.45, 2.75) is 46.5 Å².